The Kier molecular flexibility index (Phi) is 6.14. The number of nitrogens with one attached hydrogen (secondary N) is 3. The Morgan fingerprint density at radius 1 is 1.40 bits per heavy atom. The largest absolute Gasteiger partial charge is 0.356 e. The Balaban J connectivity index is 2.72. The number of carbonyl (C=O) groups excluding carboxylic acids is 1. The number of rotatable bonds is 7. The molecule has 0 aromatic carbocycles. The van der Waals surface area contributed by atoms with Gasteiger partial charge in [0.05, 0.1) is 6.20 Å². The first-order chi connectivity index (χ1) is 9.43. The number of hydrogen-bond donors (Lipinski definition) is 3. The normalized spacial score (nSPS) is 12.1. The van der Waals surface area contributed by atoms with Gasteiger partial charge in [0, 0.05) is 12.6 Å². The molecule has 1 aromatic rings. The Morgan fingerprint density at radius 2 is 2.10 bits per heavy atom. The quantitative estimate of drug-likeness (QED) is 0.710. The van der Waals surface area contributed by atoms with Gasteiger partial charge in [0.15, 0.2) is 11.6 Å². The van der Waals surface area contributed by atoms with Crippen molar-refractivity contribution >= 4 is 17.7 Å². The smallest absolute Gasteiger partial charge is 0.242 e. The Hall–Kier alpha value is -1.92. The van der Waals surface area contributed by atoms with Crippen LogP contribution in [0.4, 0.5) is 16.2 Å². The van der Waals surface area contributed by atoms with Crippen LogP contribution in [0, 0.1) is 5.82 Å². The molecule has 0 saturated heterocycles. The molecule has 0 bridgehead atoms. The van der Waals surface area contributed by atoms with Gasteiger partial charge in [-0.1, -0.05) is 6.92 Å². The predicted octanol–water partition coefficient (Wildman–Crippen LogP) is 1.76. The molecule has 0 aliphatic heterocycles. The van der Waals surface area contributed by atoms with Crippen LogP contribution in [0.25, 0.3) is 0 Å². The zero-order valence-corrected chi connectivity index (χ0v) is 12.3. The van der Waals surface area contributed by atoms with E-state index in [1.807, 2.05) is 20.8 Å². The fraction of sp³-hybridized carbons (Fsp3) is 0.615. The first-order valence-electron chi connectivity index (χ1n) is 6.77. The monoisotopic (exact) mass is 283 g/mol. The third-order valence-corrected chi connectivity index (χ3v) is 2.45. The lowest BCUT2D eigenvalue weighted by molar-refractivity contribution is -0.122. The Labute approximate surface area is 118 Å². The summed E-state index contributed by atoms with van der Waals surface area (Å²) in [5.74, 6) is -0.436. The third-order valence-electron chi connectivity index (χ3n) is 2.45. The fourth-order valence-electron chi connectivity index (χ4n) is 1.47. The molecule has 1 rings (SSSR count). The number of halogens is 1. The van der Waals surface area contributed by atoms with Gasteiger partial charge in [0.25, 0.3) is 0 Å². The van der Waals surface area contributed by atoms with Gasteiger partial charge >= 0.3 is 0 Å². The summed E-state index contributed by atoms with van der Waals surface area (Å²) in [7, 11) is 0. The maximum atomic E-state index is 13.6. The summed E-state index contributed by atoms with van der Waals surface area (Å²) in [5.41, 5.74) is 0. The van der Waals surface area contributed by atoms with Gasteiger partial charge in [0.2, 0.25) is 11.9 Å². The van der Waals surface area contributed by atoms with Crippen LogP contribution in [0.15, 0.2) is 6.20 Å². The number of anilines is 2. The van der Waals surface area contributed by atoms with Crippen LogP contribution in [-0.2, 0) is 4.79 Å². The molecular weight excluding hydrogens is 261 g/mol. The van der Waals surface area contributed by atoms with Gasteiger partial charge in [0.1, 0.15) is 6.04 Å². The van der Waals surface area contributed by atoms with Crippen molar-refractivity contribution in [3.63, 3.8) is 0 Å². The highest BCUT2D eigenvalue weighted by molar-refractivity contribution is 5.84. The second-order valence-corrected chi connectivity index (χ2v) is 4.85. The van der Waals surface area contributed by atoms with Crippen molar-refractivity contribution < 1.29 is 9.18 Å². The van der Waals surface area contributed by atoms with Crippen LogP contribution in [-0.4, -0.2) is 34.5 Å². The molecule has 7 heteroatoms. The molecule has 1 unspecified atom stereocenters. The Bertz CT molecular complexity index is 452. The third kappa shape index (κ3) is 4.99. The van der Waals surface area contributed by atoms with E-state index in [4.69, 9.17) is 0 Å². The van der Waals surface area contributed by atoms with Crippen molar-refractivity contribution in [1.82, 2.24) is 15.3 Å². The lowest BCUT2D eigenvalue weighted by Crippen LogP contribution is -2.41. The molecule has 0 aliphatic carbocycles. The van der Waals surface area contributed by atoms with Crippen LogP contribution >= 0.6 is 0 Å². The van der Waals surface area contributed by atoms with Crippen molar-refractivity contribution in [3.8, 4) is 0 Å². The van der Waals surface area contributed by atoms with E-state index in [0.717, 1.165) is 12.6 Å². The van der Waals surface area contributed by atoms with Crippen molar-refractivity contribution in [1.29, 1.82) is 0 Å². The molecule has 0 radical (unpaired) electrons. The number of hydrogen-bond acceptors (Lipinski definition) is 5. The number of carbonyl (C=O) groups is 1. The van der Waals surface area contributed by atoms with Gasteiger partial charge in [-0.2, -0.15) is 4.98 Å². The minimum Gasteiger partial charge on any atom is -0.356 e. The summed E-state index contributed by atoms with van der Waals surface area (Å²) in [4.78, 5) is 19.6. The second kappa shape index (κ2) is 7.62. The second-order valence-electron chi connectivity index (χ2n) is 4.85. The van der Waals surface area contributed by atoms with E-state index < -0.39 is 11.9 Å². The molecule has 112 valence electrons. The average Bonchev–Trinajstić information content (AvgIpc) is 2.38. The van der Waals surface area contributed by atoms with E-state index in [0.29, 0.717) is 12.5 Å². The first-order valence-corrected chi connectivity index (χ1v) is 6.77. The van der Waals surface area contributed by atoms with Gasteiger partial charge < -0.3 is 16.0 Å². The summed E-state index contributed by atoms with van der Waals surface area (Å²) in [6.07, 6.45) is 2.00. The van der Waals surface area contributed by atoms with Crippen LogP contribution in [0.3, 0.4) is 0 Å². The van der Waals surface area contributed by atoms with Crippen LogP contribution in [0.5, 0.6) is 0 Å². The molecule has 1 heterocycles. The van der Waals surface area contributed by atoms with Gasteiger partial charge in [-0.05, 0) is 27.2 Å². The first kappa shape index (κ1) is 16.1. The minimum atomic E-state index is -0.587. The van der Waals surface area contributed by atoms with E-state index in [1.54, 1.807) is 6.92 Å². The van der Waals surface area contributed by atoms with Crippen LogP contribution < -0.4 is 16.0 Å². The summed E-state index contributed by atoms with van der Waals surface area (Å²) < 4.78 is 13.6. The van der Waals surface area contributed by atoms with E-state index in [2.05, 4.69) is 25.9 Å². The molecule has 0 aliphatic rings. The average molecular weight is 283 g/mol. The van der Waals surface area contributed by atoms with Gasteiger partial charge in [-0.3, -0.25) is 4.79 Å². The summed E-state index contributed by atoms with van der Waals surface area (Å²) >= 11 is 0. The summed E-state index contributed by atoms with van der Waals surface area (Å²) in [6.45, 7) is 8.09. The summed E-state index contributed by atoms with van der Waals surface area (Å²) in [6, 6.07) is -0.551. The van der Waals surface area contributed by atoms with Gasteiger partial charge in [-0.15, -0.1) is 0 Å². The zero-order chi connectivity index (χ0) is 15.1. The molecule has 1 atom stereocenters. The maximum Gasteiger partial charge on any atom is 0.242 e. The molecule has 3 N–H and O–H groups in total. The zero-order valence-electron chi connectivity index (χ0n) is 12.3. The van der Waals surface area contributed by atoms with E-state index in [1.165, 1.54) is 0 Å². The number of aromatic nitrogens is 2. The molecule has 1 amide bonds. The minimum absolute atomic E-state index is 0.0185. The SMILES string of the molecule is CCCNc1ncc(F)c(NC(C)C(=O)NC(C)C)n1. The van der Waals surface area contributed by atoms with E-state index >= 15 is 0 Å². The number of amides is 1. The van der Waals surface area contributed by atoms with Crippen molar-refractivity contribution in [2.75, 3.05) is 17.2 Å². The molecule has 0 saturated carbocycles. The van der Waals surface area contributed by atoms with Crippen LogP contribution in [0.1, 0.15) is 34.1 Å². The standard InChI is InChI=1S/C13H22FN5O/c1-5-6-15-13-16-7-10(14)11(19-13)18-9(4)12(20)17-8(2)3/h7-9H,5-6H2,1-4H3,(H,17,20)(H2,15,16,18,19). The molecular formula is C13H22FN5O. The topological polar surface area (TPSA) is 78.9 Å². The van der Waals surface area contributed by atoms with E-state index in [9.17, 15) is 9.18 Å². The predicted molar refractivity (Wildman–Crippen MR) is 77.1 cm³/mol. The molecule has 0 fully saturated rings. The fourth-order valence-corrected chi connectivity index (χ4v) is 1.47. The number of nitrogens with zero attached hydrogens (tertiary/aromatic N) is 2. The van der Waals surface area contributed by atoms with Crippen molar-refractivity contribution in [2.45, 2.75) is 46.2 Å². The highest BCUT2D eigenvalue weighted by atomic mass is 19.1. The maximum absolute atomic E-state index is 13.6. The van der Waals surface area contributed by atoms with Crippen molar-refractivity contribution in [2.24, 2.45) is 0 Å². The van der Waals surface area contributed by atoms with Crippen molar-refractivity contribution in [3.05, 3.63) is 12.0 Å². The lowest BCUT2D eigenvalue weighted by Gasteiger charge is -2.17. The van der Waals surface area contributed by atoms with E-state index in [-0.39, 0.29) is 17.8 Å². The Morgan fingerprint density at radius 3 is 2.70 bits per heavy atom. The summed E-state index contributed by atoms with van der Waals surface area (Å²) in [5, 5.41) is 8.47. The highest BCUT2D eigenvalue weighted by Gasteiger charge is 2.16. The van der Waals surface area contributed by atoms with Gasteiger partial charge in [-0.25, -0.2) is 9.37 Å². The molecule has 0 spiro atoms. The highest BCUT2D eigenvalue weighted by Crippen LogP contribution is 2.13. The van der Waals surface area contributed by atoms with Crippen LogP contribution in [0.2, 0.25) is 0 Å². The lowest BCUT2D eigenvalue weighted by atomic mass is 10.3. The molecule has 6 nitrogen and oxygen atoms in total. The molecule has 20 heavy (non-hydrogen) atoms. The molecule has 1 aromatic heterocycles.